The van der Waals surface area contributed by atoms with Gasteiger partial charge in [-0.3, -0.25) is 0 Å². The molecule has 0 aromatic heterocycles. The first-order valence-corrected chi connectivity index (χ1v) is 6.77. The van der Waals surface area contributed by atoms with Gasteiger partial charge in [0.05, 0.1) is 11.7 Å². The third kappa shape index (κ3) is 2.03. The van der Waals surface area contributed by atoms with Crippen molar-refractivity contribution in [1.29, 1.82) is 0 Å². The molecule has 0 radical (unpaired) electrons. The summed E-state index contributed by atoms with van der Waals surface area (Å²) in [5.41, 5.74) is 8.34. The van der Waals surface area contributed by atoms with E-state index in [9.17, 15) is 0 Å². The van der Waals surface area contributed by atoms with Crippen molar-refractivity contribution in [2.45, 2.75) is 17.9 Å². The Morgan fingerprint density at radius 3 is 3.00 bits per heavy atom. The average molecular weight is 287 g/mol. The molecule has 1 aliphatic heterocycles. The number of nitrogens with zero attached hydrogens (tertiary/aromatic N) is 1. The maximum atomic E-state index is 5.76. The van der Waals surface area contributed by atoms with E-state index in [-0.39, 0.29) is 0 Å². The van der Waals surface area contributed by atoms with Crippen molar-refractivity contribution in [3.63, 3.8) is 0 Å². The van der Waals surface area contributed by atoms with Gasteiger partial charge in [-0.15, -0.1) is 11.8 Å². The van der Waals surface area contributed by atoms with Crippen LogP contribution in [0.25, 0.3) is 0 Å². The van der Waals surface area contributed by atoms with Gasteiger partial charge in [0, 0.05) is 28.7 Å². The monoisotopic (exact) mass is 286 g/mol. The zero-order chi connectivity index (χ0) is 11.0. The molecule has 1 aromatic rings. The minimum atomic E-state index is 0.446. The molecule has 0 fully saturated rings. The highest BCUT2D eigenvalue weighted by molar-refractivity contribution is 9.10. The number of rotatable bonds is 1. The first-order valence-electron chi connectivity index (χ1n) is 4.99. The molecule has 82 valence electrons. The average Bonchev–Trinajstić information content (AvgIpc) is 2.17. The summed E-state index contributed by atoms with van der Waals surface area (Å²) in [4.78, 5) is 3.64. The van der Waals surface area contributed by atoms with E-state index in [2.05, 4.69) is 46.9 Å². The summed E-state index contributed by atoms with van der Waals surface area (Å²) in [6.07, 6.45) is 0. The summed E-state index contributed by atoms with van der Waals surface area (Å²) < 4.78 is 1.17. The second-order valence-electron chi connectivity index (χ2n) is 3.90. The summed E-state index contributed by atoms with van der Waals surface area (Å²) in [5.74, 6) is 1.08. The minimum absolute atomic E-state index is 0.446. The molecule has 0 spiro atoms. The van der Waals surface area contributed by atoms with Crippen LogP contribution < -0.4 is 10.6 Å². The van der Waals surface area contributed by atoms with Crippen molar-refractivity contribution >= 4 is 33.4 Å². The van der Waals surface area contributed by atoms with E-state index in [1.807, 2.05) is 11.8 Å². The van der Waals surface area contributed by atoms with Crippen molar-refractivity contribution in [2.75, 3.05) is 24.2 Å². The van der Waals surface area contributed by atoms with Crippen LogP contribution in [0.15, 0.2) is 21.5 Å². The van der Waals surface area contributed by atoms with Gasteiger partial charge in [0.15, 0.2) is 0 Å². The van der Waals surface area contributed by atoms with Crippen LogP contribution in [-0.4, -0.2) is 25.4 Å². The first kappa shape index (κ1) is 11.3. The number of anilines is 1. The lowest BCUT2D eigenvalue weighted by molar-refractivity contribution is 0.690. The molecule has 0 bridgehead atoms. The van der Waals surface area contributed by atoms with Crippen LogP contribution in [0, 0.1) is 6.92 Å². The lowest BCUT2D eigenvalue weighted by Crippen LogP contribution is -2.42. The first-order chi connectivity index (χ1) is 7.13. The summed E-state index contributed by atoms with van der Waals surface area (Å²) in [6.45, 7) is 2.84. The summed E-state index contributed by atoms with van der Waals surface area (Å²) in [6, 6.07) is 4.85. The number of hydrogen-bond acceptors (Lipinski definition) is 3. The number of likely N-dealkylation sites (N-methyl/N-ethyl adjacent to an activating group) is 1. The Hall–Kier alpha value is -0.190. The van der Waals surface area contributed by atoms with Gasteiger partial charge in [-0.25, -0.2) is 0 Å². The number of benzene rings is 1. The molecule has 0 saturated heterocycles. The molecule has 2 nitrogen and oxygen atoms in total. The van der Waals surface area contributed by atoms with Gasteiger partial charge in [-0.1, -0.05) is 0 Å². The lowest BCUT2D eigenvalue weighted by Gasteiger charge is -2.35. The molecule has 0 aliphatic carbocycles. The zero-order valence-electron chi connectivity index (χ0n) is 8.96. The number of hydrogen-bond donors (Lipinski definition) is 1. The van der Waals surface area contributed by atoms with Crippen LogP contribution in [0.4, 0.5) is 5.69 Å². The summed E-state index contributed by atoms with van der Waals surface area (Å²) in [5, 5.41) is 0. The SMILES string of the molecule is Cc1cc(Br)c2c(c1)SCC(CN)N2C. The van der Waals surface area contributed by atoms with Crippen LogP contribution in [0.5, 0.6) is 0 Å². The van der Waals surface area contributed by atoms with Gasteiger partial charge < -0.3 is 10.6 Å². The number of halogens is 1. The van der Waals surface area contributed by atoms with Crippen LogP contribution in [0.2, 0.25) is 0 Å². The molecular weight excluding hydrogens is 272 g/mol. The third-order valence-corrected chi connectivity index (χ3v) is 4.55. The molecule has 1 unspecified atom stereocenters. The molecule has 2 N–H and O–H groups in total. The van der Waals surface area contributed by atoms with Crippen LogP contribution in [-0.2, 0) is 0 Å². The standard InChI is InChI=1S/C11H15BrN2S/c1-7-3-9(12)11-10(4-7)15-6-8(5-13)14(11)2/h3-4,8H,5-6,13H2,1-2H3. The summed E-state index contributed by atoms with van der Waals surface area (Å²) >= 11 is 5.54. The normalized spacial score (nSPS) is 20.3. The highest BCUT2D eigenvalue weighted by Crippen LogP contribution is 2.41. The highest BCUT2D eigenvalue weighted by atomic mass is 79.9. The predicted molar refractivity (Wildman–Crippen MR) is 70.8 cm³/mol. The second kappa shape index (κ2) is 4.36. The number of thioether (sulfide) groups is 1. The van der Waals surface area contributed by atoms with Gasteiger partial charge in [0.25, 0.3) is 0 Å². The number of aryl methyl sites for hydroxylation is 1. The van der Waals surface area contributed by atoms with Crippen molar-refractivity contribution in [1.82, 2.24) is 0 Å². The highest BCUT2D eigenvalue weighted by Gasteiger charge is 2.24. The molecule has 1 aliphatic rings. The van der Waals surface area contributed by atoms with Crippen LogP contribution in [0.1, 0.15) is 5.56 Å². The Morgan fingerprint density at radius 2 is 2.33 bits per heavy atom. The molecule has 0 amide bonds. The number of fused-ring (bicyclic) bond motifs is 1. The molecular formula is C11H15BrN2S. The van der Waals surface area contributed by atoms with E-state index in [1.165, 1.54) is 20.6 Å². The lowest BCUT2D eigenvalue weighted by atomic mass is 10.2. The van der Waals surface area contributed by atoms with Gasteiger partial charge in [0.1, 0.15) is 0 Å². The number of nitrogens with two attached hydrogens (primary N) is 1. The smallest absolute Gasteiger partial charge is 0.0649 e. The molecule has 1 atom stereocenters. The fraction of sp³-hybridized carbons (Fsp3) is 0.455. The minimum Gasteiger partial charge on any atom is -0.368 e. The Morgan fingerprint density at radius 1 is 1.60 bits per heavy atom. The fourth-order valence-electron chi connectivity index (χ4n) is 1.86. The van der Waals surface area contributed by atoms with Crippen molar-refractivity contribution in [2.24, 2.45) is 5.73 Å². The van der Waals surface area contributed by atoms with Gasteiger partial charge in [-0.05, 0) is 40.5 Å². The third-order valence-electron chi connectivity index (χ3n) is 2.78. The predicted octanol–water partition coefficient (Wildman–Crippen LogP) is 2.63. The topological polar surface area (TPSA) is 29.3 Å². The Labute approximate surface area is 103 Å². The van der Waals surface area contributed by atoms with Gasteiger partial charge >= 0.3 is 0 Å². The van der Waals surface area contributed by atoms with E-state index in [4.69, 9.17) is 5.73 Å². The van der Waals surface area contributed by atoms with Gasteiger partial charge in [0.2, 0.25) is 0 Å². The van der Waals surface area contributed by atoms with Gasteiger partial charge in [-0.2, -0.15) is 0 Å². The molecule has 1 aromatic carbocycles. The quantitative estimate of drug-likeness (QED) is 0.861. The molecule has 15 heavy (non-hydrogen) atoms. The van der Waals surface area contributed by atoms with E-state index < -0.39 is 0 Å². The largest absolute Gasteiger partial charge is 0.368 e. The summed E-state index contributed by atoms with van der Waals surface area (Å²) in [7, 11) is 2.12. The molecule has 2 rings (SSSR count). The Kier molecular flexibility index (Phi) is 3.28. The van der Waals surface area contributed by atoms with Crippen molar-refractivity contribution in [3.8, 4) is 0 Å². The van der Waals surface area contributed by atoms with Crippen molar-refractivity contribution < 1.29 is 0 Å². The van der Waals surface area contributed by atoms with E-state index >= 15 is 0 Å². The maximum Gasteiger partial charge on any atom is 0.0649 e. The Balaban J connectivity index is 2.47. The van der Waals surface area contributed by atoms with Crippen LogP contribution >= 0.6 is 27.7 Å². The fourth-order valence-corrected chi connectivity index (χ4v) is 4.24. The molecule has 0 saturated carbocycles. The zero-order valence-corrected chi connectivity index (χ0v) is 11.4. The van der Waals surface area contributed by atoms with Crippen molar-refractivity contribution in [3.05, 3.63) is 22.2 Å². The van der Waals surface area contributed by atoms with E-state index in [0.717, 1.165) is 5.75 Å². The van der Waals surface area contributed by atoms with E-state index in [1.54, 1.807) is 0 Å². The second-order valence-corrected chi connectivity index (χ2v) is 5.82. The van der Waals surface area contributed by atoms with Crippen LogP contribution in [0.3, 0.4) is 0 Å². The molecule has 4 heteroatoms. The molecule has 1 heterocycles. The Bertz CT molecular complexity index is 381. The van der Waals surface area contributed by atoms with E-state index in [0.29, 0.717) is 12.6 Å². The maximum absolute atomic E-state index is 5.76.